The van der Waals surface area contributed by atoms with Gasteiger partial charge in [-0.25, -0.2) is 9.13 Å². The fourth-order valence-electron chi connectivity index (χ4n) is 11.7. The molecule has 0 bridgehead atoms. The molecule has 0 aliphatic rings. The molecule has 0 rings (SSSR count). The summed E-state index contributed by atoms with van der Waals surface area (Å²) in [5, 5.41) is 10.6. The Morgan fingerprint density at radius 3 is 0.740 bits per heavy atom. The summed E-state index contributed by atoms with van der Waals surface area (Å²) in [6.45, 7) is 14.2. The van der Waals surface area contributed by atoms with Gasteiger partial charge >= 0.3 is 39.5 Å². The number of carbonyl (C=O) groups is 4. The number of rotatable bonds is 74. The van der Waals surface area contributed by atoms with E-state index < -0.39 is 97.5 Å². The number of esters is 4. The topological polar surface area (TPSA) is 237 Å². The zero-order chi connectivity index (χ0) is 71.0. The van der Waals surface area contributed by atoms with E-state index in [1.54, 1.807) is 0 Å². The minimum Gasteiger partial charge on any atom is -0.462 e. The van der Waals surface area contributed by atoms with Gasteiger partial charge in [-0.3, -0.25) is 37.3 Å². The maximum absolute atomic E-state index is 13.1. The first-order valence-corrected chi connectivity index (χ1v) is 42.8. The van der Waals surface area contributed by atoms with Crippen LogP contribution in [0.25, 0.3) is 0 Å². The van der Waals surface area contributed by atoms with Crippen molar-refractivity contribution in [2.45, 2.75) is 408 Å². The highest BCUT2D eigenvalue weighted by molar-refractivity contribution is 7.47. The molecular weight excluding hydrogens is 1260 g/mol. The zero-order valence-electron chi connectivity index (χ0n) is 63.0. The molecule has 0 aromatic heterocycles. The number of aliphatic hydroxyl groups excluding tert-OH is 1. The van der Waals surface area contributed by atoms with Gasteiger partial charge in [-0.05, 0) is 49.4 Å². The summed E-state index contributed by atoms with van der Waals surface area (Å²) in [4.78, 5) is 72.8. The van der Waals surface area contributed by atoms with E-state index in [0.29, 0.717) is 31.6 Å². The van der Waals surface area contributed by atoms with Crippen LogP contribution in [0, 0.1) is 23.7 Å². The Balaban J connectivity index is 5.25. The lowest BCUT2D eigenvalue weighted by Gasteiger charge is -2.21. The van der Waals surface area contributed by atoms with Crippen molar-refractivity contribution in [1.29, 1.82) is 0 Å². The van der Waals surface area contributed by atoms with E-state index in [1.165, 1.54) is 186 Å². The molecular formula is C77H150O17P2. The molecule has 0 aliphatic carbocycles. The molecule has 570 valence electrons. The van der Waals surface area contributed by atoms with Crippen LogP contribution in [0.5, 0.6) is 0 Å². The highest BCUT2D eigenvalue weighted by atomic mass is 31.2. The fraction of sp³-hybridized carbons (Fsp3) is 0.948. The van der Waals surface area contributed by atoms with Crippen LogP contribution in [0.3, 0.4) is 0 Å². The second-order valence-corrected chi connectivity index (χ2v) is 32.1. The highest BCUT2D eigenvalue weighted by Gasteiger charge is 2.30. The number of aliphatic hydroxyl groups is 1. The number of hydrogen-bond donors (Lipinski definition) is 3. The lowest BCUT2D eigenvalue weighted by atomic mass is 9.99. The Kier molecular flexibility index (Phi) is 65.0. The minimum atomic E-state index is -4.96. The normalized spacial score (nSPS) is 14.7. The van der Waals surface area contributed by atoms with Crippen molar-refractivity contribution in [2.24, 2.45) is 23.7 Å². The van der Waals surface area contributed by atoms with E-state index in [1.807, 2.05) is 0 Å². The van der Waals surface area contributed by atoms with Gasteiger partial charge < -0.3 is 33.8 Å². The van der Waals surface area contributed by atoms with Crippen molar-refractivity contribution in [1.82, 2.24) is 0 Å². The summed E-state index contributed by atoms with van der Waals surface area (Å²) >= 11 is 0. The average Bonchev–Trinajstić information content (AvgIpc) is 1.95. The number of carbonyl (C=O) groups excluding carboxylic acids is 4. The predicted octanol–water partition coefficient (Wildman–Crippen LogP) is 22.4. The van der Waals surface area contributed by atoms with Crippen LogP contribution in [0.15, 0.2) is 0 Å². The molecule has 0 aliphatic heterocycles. The third kappa shape index (κ3) is 67.9. The van der Waals surface area contributed by atoms with Gasteiger partial charge in [0, 0.05) is 25.7 Å². The molecule has 96 heavy (non-hydrogen) atoms. The van der Waals surface area contributed by atoms with Crippen LogP contribution in [0.2, 0.25) is 0 Å². The van der Waals surface area contributed by atoms with Crippen LogP contribution < -0.4 is 0 Å². The monoisotopic (exact) mass is 1410 g/mol. The van der Waals surface area contributed by atoms with Gasteiger partial charge in [-0.1, -0.05) is 338 Å². The van der Waals surface area contributed by atoms with Crippen molar-refractivity contribution < 1.29 is 80.2 Å². The second-order valence-electron chi connectivity index (χ2n) is 29.2. The molecule has 5 unspecified atom stereocenters. The van der Waals surface area contributed by atoms with Crippen LogP contribution in [0.1, 0.15) is 389 Å². The molecule has 0 radical (unpaired) electrons. The first-order chi connectivity index (χ1) is 46.2. The van der Waals surface area contributed by atoms with Gasteiger partial charge in [0.15, 0.2) is 12.2 Å². The lowest BCUT2D eigenvalue weighted by molar-refractivity contribution is -0.161. The maximum Gasteiger partial charge on any atom is 0.472 e. The minimum absolute atomic E-state index is 0.104. The van der Waals surface area contributed by atoms with Gasteiger partial charge in [-0.15, -0.1) is 0 Å². The number of phosphoric acid groups is 2. The molecule has 0 spiro atoms. The summed E-state index contributed by atoms with van der Waals surface area (Å²) in [5.41, 5.74) is 0. The standard InChI is InChI=1S/C77H150O17P2/c1-9-69(7)55-47-39-31-23-19-15-11-12-16-20-24-33-41-49-57-74(79)87-63-72(93-76(81)59-51-43-34-25-21-17-13-14-18-22-29-37-45-53-67(3)4)65-91-95(83,84)89-61-71(78)62-90-96(85,86)92-66-73(64-88-75(80)58-50-42-36-28-30-38-46-54-68(5)6)94-77(82)60-52-44-35-27-26-32-40-48-56-70(8)10-2/h67-73,78H,9-66H2,1-8H3,(H,83,84)(H,85,86)/t69?,70?,71?,72-,73-/m1/s1. The SMILES string of the molecule is CCC(C)CCCCCCCCCCCCCCCCC(=O)OC[C@H](COP(=O)(O)OCC(O)COP(=O)(O)OC[C@@H](COC(=O)CCCCCCCCCC(C)C)OC(=O)CCCCCCCCCCC(C)CC)OC(=O)CCCCCCCCCCCCCCCC(C)C. The van der Waals surface area contributed by atoms with Crippen molar-refractivity contribution >= 4 is 39.5 Å². The lowest BCUT2D eigenvalue weighted by Crippen LogP contribution is -2.30. The average molecular weight is 1410 g/mol. The van der Waals surface area contributed by atoms with E-state index in [-0.39, 0.29) is 25.7 Å². The number of phosphoric ester groups is 2. The Morgan fingerprint density at radius 2 is 0.500 bits per heavy atom. The molecule has 19 heteroatoms. The molecule has 7 atom stereocenters. The molecule has 0 amide bonds. The summed E-state index contributed by atoms with van der Waals surface area (Å²) < 4.78 is 68.6. The highest BCUT2D eigenvalue weighted by Crippen LogP contribution is 2.45. The molecule has 0 aromatic rings. The predicted molar refractivity (Wildman–Crippen MR) is 391 cm³/mol. The molecule has 0 saturated heterocycles. The van der Waals surface area contributed by atoms with Crippen molar-refractivity contribution in [3.63, 3.8) is 0 Å². The third-order valence-electron chi connectivity index (χ3n) is 18.5. The van der Waals surface area contributed by atoms with Gasteiger partial charge in [0.05, 0.1) is 26.4 Å². The van der Waals surface area contributed by atoms with E-state index >= 15 is 0 Å². The van der Waals surface area contributed by atoms with Gasteiger partial charge in [0.25, 0.3) is 0 Å². The number of unbranched alkanes of at least 4 members (excludes halogenated alkanes) is 38. The van der Waals surface area contributed by atoms with Crippen molar-refractivity contribution in [3.8, 4) is 0 Å². The summed E-state index contributed by atoms with van der Waals surface area (Å²) in [6, 6.07) is 0. The fourth-order valence-corrected chi connectivity index (χ4v) is 13.2. The summed E-state index contributed by atoms with van der Waals surface area (Å²) in [7, 11) is -9.91. The largest absolute Gasteiger partial charge is 0.472 e. The second kappa shape index (κ2) is 66.3. The van der Waals surface area contributed by atoms with Crippen LogP contribution in [-0.2, 0) is 65.4 Å². The van der Waals surface area contributed by atoms with Gasteiger partial charge in [-0.2, -0.15) is 0 Å². The van der Waals surface area contributed by atoms with Crippen LogP contribution >= 0.6 is 15.6 Å². The molecule has 3 N–H and O–H groups in total. The Hall–Kier alpha value is -1.94. The van der Waals surface area contributed by atoms with Gasteiger partial charge in [0.1, 0.15) is 19.3 Å². The summed E-state index contributed by atoms with van der Waals surface area (Å²) in [6.07, 6.45) is 51.3. The molecule has 0 aromatic carbocycles. The smallest absolute Gasteiger partial charge is 0.462 e. The molecule has 17 nitrogen and oxygen atoms in total. The molecule has 0 saturated carbocycles. The first kappa shape index (κ1) is 94.1. The van der Waals surface area contributed by atoms with Crippen LogP contribution in [-0.4, -0.2) is 96.7 Å². The van der Waals surface area contributed by atoms with Crippen molar-refractivity contribution in [2.75, 3.05) is 39.6 Å². The van der Waals surface area contributed by atoms with E-state index in [2.05, 4.69) is 55.4 Å². The van der Waals surface area contributed by atoms with Gasteiger partial charge in [0.2, 0.25) is 0 Å². The Labute approximate surface area is 588 Å². The van der Waals surface area contributed by atoms with E-state index in [0.717, 1.165) is 114 Å². The third-order valence-corrected chi connectivity index (χ3v) is 20.4. The van der Waals surface area contributed by atoms with Crippen LogP contribution in [0.4, 0.5) is 0 Å². The maximum atomic E-state index is 13.1. The Bertz CT molecular complexity index is 1890. The summed E-state index contributed by atoms with van der Waals surface area (Å²) in [5.74, 6) is 0.990. The molecule has 0 fully saturated rings. The number of ether oxygens (including phenoxy) is 4. The number of hydrogen-bond acceptors (Lipinski definition) is 15. The zero-order valence-corrected chi connectivity index (χ0v) is 64.8. The van der Waals surface area contributed by atoms with E-state index in [9.17, 15) is 43.2 Å². The first-order valence-electron chi connectivity index (χ1n) is 39.8. The van der Waals surface area contributed by atoms with E-state index in [4.69, 9.17) is 37.0 Å². The molecule has 0 heterocycles. The Morgan fingerprint density at radius 1 is 0.292 bits per heavy atom. The van der Waals surface area contributed by atoms with Crippen molar-refractivity contribution in [3.05, 3.63) is 0 Å². The quantitative estimate of drug-likeness (QED) is 0.0222.